The van der Waals surface area contributed by atoms with Gasteiger partial charge in [-0.25, -0.2) is 0 Å². The Kier molecular flexibility index (Phi) is 8.00. The van der Waals surface area contributed by atoms with Gasteiger partial charge in [-0.2, -0.15) is 0 Å². The van der Waals surface area contributed by atoms with Crippen LogP contribution in [-0.4, -0.2) is 41.9 Å². The molecule has 0 aliphatic carbocycles. The molecule has 1 aliphatic heterocycles. The van der Waals surface area contributed by atoms with Crippen molar-refractivity contribution in [3.8, 4) is 0 Å². The first-order valence-electron chi connectivity index (χ1n) is 7.94. The molecular formula is C17H25Cl2N3O2. The minimum atomic E-state index is -0.338. The normalized spacial score (nSPS) is 21.6. The molecule has 2 amide bonds. The second-order valence-corrected chi connectivity index (χ2v) is 6.52. The van der Waals surface area contributed by atoms with E-state index in [1.807, 2.05) is 24.0 Å². The van der Waals surface area contributed by atoms with Gasteiger partial charge in [-0.1, -0.05) is 23.7 Å². The van der Waals surface area contributed by atoms with Crippen LogP contribution in [0.4, 0.5) is 0 Å². The van der Waals surface area contributed by atoms with Crippen LogP contribution in [-0.2, 0) is 9.59 Å². The molecular weight excluding hydrogens is 349 g/mol. The molecule has 1 saturated heterocycles. The van der Waals surface area contributed by atoms with Gasteiger partial charge >= 0.3 is 0 Å². The van der Waals surface area contributed by atoms with Gasteiger partial charge in [0.05, 0.1) is 12.5 Å². The Morgan fingerprint density at radius 1 is 1.33 bits per heavy atom. The van der Waals surface area contributed by atoms with Crippen molar-refractivity contribution in [2.75, 3.05) is 13.1 Å². The Bertz CT molecular complexity index is 565. The van der Waals surface area contributed by atoms with E-state index >= 15 is 0 Å². The lowest BCUT2D eigenvalue weighted by Crippen LogP contribution is -2.57. The molecule has 1 aromatic carbocycles. The van der Waals surface area contributed by atoms with E-state index in [-0.39, 0.29) is 48.8 Å². The summed E-state index contributed by atoms with van der Waals surface area (Å²) in [5.74, 6) is -0.0981. The molecule has 0 spiro atoms. The molecule has 0 bridgehead atoms. The molecule has 5 nitrogen and oxygen atoms in total. The van der Waals surface area contributed by atoms with Crippen LogP contribution in [0.25, 0.3) is 0 Å². The van der Waals surface area contributed by atoms with Gasteiger partial charge in [0.15, 0.2) is 0 Å². The minimum Gasteiger partial charge on any atom is -0.349 e. The third-order valence-electron chi connectivity index (χ3n) is 4.38. The van der Waals surface area contributed by atoms with Gasteiger partial charge in [-0.05, 0) is 31.5 Å². The predicted molar refractivity (Wildman–Crippen MR) is 98.5 cm³/mol. The molecule has 0 radical (unpaired) electrons. The minimum absolute atomic E-state index is 0. The van der Waals surface area contributed by atoms with E-state index in [1.165, 1.54) is 6.92 Å². The topological polar surface area (TPSA) is 61.4 Å². The molecule has 0 aromatic heterocycles. The van der Waals surface area contributed by atoms with Gasteiger partial charge in [0.1, 0.15) is 0 Å². The second kappa shape index (κ2) is 9.25. The maximum absolute atomic E-state index is 12.7. The van der Waals surface area contributed by atoms with Gasteiger partial charge in [0.25, 0.3) is 0 Å². The lowest BCUT2D eigenvalue weighted by Gasteiger charge is -2.39. The standard InChI is InChI=1S/C17H24ClN3O2.ClH/c1-11-12(2)21(9-8-19-11)17(23)10-16(20-13(3)22)14-4-6-15(18)7-5-14;/h4-7,11-12,16,19H,8-10H2,1-3H3,(H,20,22);1H. The summed E-state index contributed by atoms with van der Waals surface area (Å²) in [4.78, 5) is 26.1. The molecule has 1 aliphatic rings. The number of halogens is 2. The van der Waals surface area contributed by atoms with E-state index in [2.05, 4.69) is 17.6 Å². The molecule has 1 fully saturated rings. The van der Waals surface area contributed by atoms with E-state index in [9.17, 15) is 9.59 Å². The Morgan fingerprint density at radius 2 is 1.96 bits per heavy atom. The SMILES string of the molecule is CC(=O)NC(CC(=O)N1CCNC(C)C1C)c1ccc(Cl)cc1.Cl. The number of piperazine rings is 1. The summed E-state index contributed by atoms with van der Waals surface area (Å²) in [7, 11) is 0. The number of hydrogen-bond donors (Lipinski definition) is 2. The summed E-state index contributed by atoms with van der Waals surface area (Å²) in [5, 5.41) is 6.86. The monoisotopic (exact) mass is 373 g/mol. The van der Waals surface area contributed by atoms with Crippen molar-refractivity contribution in [2.24, 2.45) is 0 Å². The largest absolute Gasteiger partial charge is 0.349 e. The van der Waals surface area contributed by atoms with E-state index in [4.69, 9.17) is 11.6 Å². The molecule has 1 aromatic rings. The summed E-state index contributed by atoms with van der Waals surface area (Å²) in [6, 6.07) is 7.30. The smallest absolute Gasteiger partial charge is 0.225 e. The third-order valence-corrected chi connectivity index (χ3v) is 4.64. The average Bonchev–Trinajstić information content (AvgIpc) is 2.49. The number of hydrogen-bond acceptors (Lipinski definition) is 3. The van der Waals surface area contributed by atoms with Crippen LogP contribution in [0.3, 0.4) is 0 Å². The fraction of sp³-hybridized carbons (Fsp3) is 0.529. The zero-order chi connectivity index (χ0) is 17.0. The van der Waals surface area contributed by atoms with Crippen LogP contribution in [0.2, 0.25) is 5.02 Å². The first-order valence-corrected chi connectivity index (χ1v) is 8.31. The van der Waals surface area contributed by atoms with Crippen LogP contribution in [0.1, 0.15) is 38.8 Å². The third kappa shape index (κ3) is 5.36. The van der Waals surface area contributed by atoms with Crippen molar-refractivity contribution in [2.45, 2.75) is 45.3 Å². The molecule has 0 saturated carbocycles. The van der Waals surface area contributed by atoms with E-state index in [0.717, 1.165) is 12.1 Å². The van der Waals surface area contributed by atoms with Crippen molar-refractivity contribution < 1.29 is 9.59 Å². The fourth-order valence-electron chi connectivity index (χ4n) is 2.89. The van der Waals surface area contributed by atoms with Crippen LogP contribution in [0.15, 0.2) is 24.3 Å². The zero-order valence-corrected chi connectivity index (χ0v) is 15.8. The lowest BCUT2D eigenvalue weighted by atomic mass is 10.0. The lowest BCUT2D eigenvalue weighted by molar-refractivity contribution is -0.135. The van der Waals surface area contributed by atoms with Crippen molar-refractivity contribution in [1.29, 1.82) is 0 Å². The van der Waals surface area contributed by atoms with E-state index in [1.54, 1.807) is 12.1 Å². The second-order valence-electron chi connectivity index (χ2n) is 6.08. The van der Waals surface area contributed by atoms with Crippen LogP contribution in [0.5, 0.6) is 0 Å². The van der Waals surface area contributed by atoms with Gasteiger partial charge in [0.2, 0.25) is 11.8 Å². The number of rotatable bonds is 4. The van der Waals surface area contributed by atoms with Gasteiger partial charge in [-0.15, -0.1) is 12.4 Å². The highest BCUT2D eigenvalue weighted by molar-refractivity contribution is 6.30. The summed E-state index contributed by atoms with van der Waals surface area (Å²) >= 11 is 5.92. The summed E-state index contributed by atoms with van der Waals surface area (Å²) in [6.45, 7) is 7.07. The van der Waals surface area contributed by atoms with Gasteiger partial charge in [0, 0.05) is 37.1 Å². The van der Waals surface area contributed by atoms with Crippen molar-refractivity contribution in [1.82, 2.24) is 15.5 Å². The highest BCUT2D eigenvalue weighted by atomic mass is 35.5. The Morgan fingerprint density at radius 3 is 2.54 bits per heavy atom. The van der Waals surface area contributed by atoms with Crippen LogP contribution in [0, 0.1) is 0 Å². The summed E-state index contributed by atoms with van der Waals surface area (Å²) in [5.41, 5.74) is 0.883. The molecule has 134 valence electrons. The van der Waals surface area contributed by atoms with E-state index < -0.39 is 0 Å². The molecule has 24 heavy (non-hydrogen) atoms. The van der Waals surface area contributed by atoms with Crippen LogP contribution < -0.4 is 10.6 Å². The number of benzene rings is 1. The van der Waals surface area contributed by atoms with Crippen molar-refractivity contribution >= 4 is 35.8 Å². The Balaban J connectivity index is 0.00000288. The Labute approximate surface area is 154 Å². The number of nitrogens with zero attached hydrogens (tertiary/aromatic N) is 1. The summed E-state index contributed by atoms with van der Waals surface area (Å²) in [6.07, 6.45) is 0.248. The molecule has 2 N–H and O–H groups in total. The maximum Gasteiger partial charge on any atom is 0.225 e. The average molecular weight is 374 g/mol. The van der Waals surface area contributed by atoms with Crippen molar-refractivity contribution in [3.05, 3.63) is 34.9 Å². The number of amides is 2. The quantitative estimate of drug-likeness (QED) is 0.852. The highest BCUT2D eigenvalue weighted by Gasteiger charge is 2.29. The first kappa shape index (κ1) is 20.7. The van der Waals surface area contributed by atoms with E-state index in [0.29, 0.717) is 11.6 Å². The predicted octanol–water partition coefficient (Wildman–Crippen LogP) is 2.54. The first-order chi connectivity index (χ1) is 10.9. The highest BCUT2D eigenvalue weighted by Crippen LogP contribution is 2.22. The Hall–Kier alpha value is -1.30. The number of carbonyl (C=O) groups is 2. The molecule has 1 heterocycles. The van der Waals surface area contributed by atoms with Crippen molar-refractivity contribution in [3.63, 3.8) is 0 Å². The van der Waals surface area contributed by atoms with Crippen LogP contribution >= 0.6 is 24.0 Å². The molecule has 7 heteroatoms. The van der Waals surface area contributed by atoms with Gasteiger partial charge in [-0.3, -0.25) is 9.59 Å². The maximum atomic E-state index is 12.7. The number of carbonyl (C=O) groups excluding carboxylic acids is 2. The molecule has 3 unspecified atom stereocenters. The molecule has 3 atom stereocenters. The molecule has 2 rings (SSSR count). The zero-order valence-electron chi connectivity index (χ0n) is 14.2. The fourth-order valence-corrected chi connectivity index (χ4v) is 3.02. The summed E-state index contributed by atoms with van der Waals surface area (Å²) < 4.78 is 0. The van der Waals surface area contributed by atoms with Gasteiger partial charge < -0.3 is 15.5 Å². The number of nitrogens with one attached hydrogen (secondary N) is 2.